The zero-order valence-electron chi connectivity index (χ0n) is 15.1. The lowest BCUT2D eigenvalue weighted by Crippen LogP contribution is -2.57. The molecule has 0 aliphatic carbocycles. The van der Waals surface area contributed by atoms with E-state index in [0.717, 1.165) is 37.0 Å². The molecule has 0 aromatic carbocycles. The van der Waals surface area contributed by atoms with Gasteiger partial charge in [-0.2, -0.15) is 5.10 Å². The van der Waals surface area contributed by atoms with Crippen LogP contribution < -0.4 is 5.32 Å². The van der Waals surface area contributed by atoms with Crippen LogP contribution in [0.1, 0.15) is 28.9 Å². The fourth-order valence-corrected chi connectivity index (χ4v) is 3.72. The minimum atomic E-state index is -0.0257. The number of aromatic nitrogens is 3. The summed E-state index contributed by atoms with van der Waals surface area (Å²) in [6, 6.07) is 1.96. The Kier molecular flexibility index (Phi) is 7.02. The van der Waals surface area contributed by atoms with E-state index in [9.17, 15) is 9.59 Å². The number of nitrogens with one attached hydrogen (secondary N) is 2. The maximum absolute atomic E-state index is 12.9. The van der Waals surface area contributed by atoms with E-state index in [-0.39, 0.29) is 42.7 Å². The Hall–Kier alpha value is -1.90. The Balaban J connectivity index is 0.00000131. The molecule has 1 atom stereocenters. The summed E-state index contributed by atoms with van der Waals surface area (Å²) >= 11 is 0. The third kappa shape index (κ3) is 4.17. The van der Waals surface area contributed by atoms with Gasteiger partial charge in [-0.25, -0.2) is 4.98 Å². The number of aryl methyl sites for hydroxylation is 1. The van der Waals surface area contributed by atoms with E-state index in [1.165, 1.54) is 0 Å². The summed E-state index contributed by atoms with van der Waals surface area (Å²) in [6.07, 6.45) is 3.45. The van der Waals surface area contributed by atoms with E-state index in [1.807, 2.05) is 22.8 Å². The molecule has 0 bridgehead atoms. The molecule has 2 fully saturated rings. The number of hydrogen-bond acceptors (Lipinski definition) is 5. The third-order valence-electron chi connectivity index (χ3n) is 5.10. The van der Waals surface area contributed by atoms with Gasteiger partial charge in [-0.15, -0.1) is 24.8 Å². The zero-order valence-corrected chi connectivity index (χ0v) is 16.7. The van der Waals surface area contributed by atoms with Gasteiger partial charge in [-0.05, 0) is 25.8 Å². The van der Waals surface area contributed by atoms with Crippen LogP contribution in [0.15, 0.2) is 12.3 Å². The number of amides is 2. The molecule has 148 valence electrons. The van der Waals surface area contributed by atoms with Crippen molar-refractivity contribution >= 4 is 47.7 Å². The van der Waals surface area contributed by atoms with Gasteiger partial charge in [0, 0.05) is 49.5 Å². The molecule has 2 aliphatic heterocycles. The number of aromatic amines is 1. The first kappa shape index (κ1) is 21.4. The van der Waals surface area contributed by atoms with E-state index in [0.29, 0.717) is 30.8 Å². The van der Waals surface area contributed by atoms with Crippen LogP contribution >= 0.6 is 24.8 Å². The first-order chi connectivity index (χ1) is 12.1. The first-order valence-corrected chi connectivity index (χ1v) is 8.73. The summed E-state index contributed by atoms with van der Waals surface area (Å²) in [5.41, 5.74) is 2.10. The largest absolute Gasteiger partial charge is 0.337 e. The van der Waals surface area contributed by atoms with Gasteiger partial charge in [0.05, 0.1) is 12.1 Å². The number of hydrogen-bond donors (Lipinski definition) is 2. The van der Waals surface area contributed by atoms with Crippen molar-refractivity contribution in [2.75, 3.05) is 32.7 Å². The molecule has 0 saturated carbocycles. The van der Waals surface area contributed by atoms with Gasteiger partial charge < -0.3 is 15.1 Å². The topological polar surface area (TPSA) is 94.2 Å². The lowest BCUT2D eigenvalue weighted by Gasteiger charge is -2.41. The van der Waals surface area contributed by atoms with Crippen LogP contribution in [-0.4, -0.2) is 75.6 Å². The number of H-pyrrole nitrogens is 1. The fourth-order valence-electron chi connectivity index (χ4n) is 3.72. The molecule has 27 heavy (non-hydrogen) atoms. The van der Waals surface area contributed by atoms with E-state index in [4.69, 9.17) is 0 Å². The molecule has 0 radical (unpaired) electrons. The summed E-state index contributed by atoms with van der Waals surface area (Å²) in [6.45, 7) is 5.15. The Morgan fingerprint density at radius 2 is 2.11 bits per heavy atom. The Morgan fingerprint density at radius 3 is 2.89 bits per heavy atom. The summed E-state index contributed by atoms with van der Waals surface area (Å²) in [4.78, 5) is 33.1. The summed E-state index contributed by atoms with van der Waals surface area (Å²) in [7, 11) is 0. The van der Waals surface area contributed by atoms with Crippen LogP contribution in [0.4, 0.5) is 0 Å². The quantitative estimate of drug-likeness (QED) is 0.768. The van der Waals surface area contributed by atoms with Crippen molar-refractivity contribution in [3.8, 4) is 0 Å². The number of likely N-dealkylation sites (tertiary alicyclic amines) is 1. The predicted molar refractivity (Wildman–Crippen MR) is 107 cm³/mol. The number of carbonyl (C=O) groups excluding carboxylic acids is 2. The van der Waals surface area contributed by atoms with E-state index >= 15 is 0 Å². The van der Waals surface area contributed by atoms with Gasteiger partial charge in [-0.1, -0.05) is 0 Å². The number of rotatable bonds is 2. The molecule has 1 unspecified atom stereocenters. The summed E-state index contributed by atoms with van der Waals surface area (Å²) in [5, 5.41) is 11.0. The average molecular weight is 415 g/mol. The van der Waals surface area contributed by atoms with Crippen molar-refractivity contribution in [3.05, 3.63) is 23.5 Å². The maximum atomic E-state index is 12.9. The molecule has 10 heteroatoms. The number of piperidine rings is 1. The van der Waals surface area contributed by atoms with Crippen molar-refractivity contribution in [2.45, 2.75) is 25.8 Å². The SMILES string of the molecule is Cc1[nH]nc2ncc(C(=O)N3CCCC(N4CCNCC4=O)C3)cc12.Cl.Cl. The molecular formula is C17H24Cl2N6O2. The molecule has 4 heterocycles. The van der Waals surface area contributed by atoms with Crippen molar-refractivity contribution in [3.63, 3.8) is 0 Å². The van der Waals surface area contributed by atoms with Crippen LogP contribution in [0.3, 0.4) is 0 Å². The van der Waals surface area contributed by atoms with Crippen molar-refractivity contribution in [2.24, 2.45) is 0 Å². The standard InChI is InChI=1S/C17H22N6O2.2ClH/c1-11-14-7-12(8-19-16(14)21-20-11)17(25)22-5-2-3-13(10-22)23-6-4-18-9-15(23)24;;/h7-8,13,18H,2-6,9-10H2,1H3,(H,19,20,21);2*1H. The van der Waals surface area contributed by atoms with E-state index in [2.05, 4.69) is 20.5 Å². The highest BCUT2D eigenvalue weighted by atomic mass is 35.5. The van der Waals surface area contributed by atoms with Crippen molar-refractivity contribution in [1.82, 2.24) is 30.3 Å². The van der Waals surface area contributed by atoms with Crippen LogP contribution in [0, 0.1) is 6.92 Å². The number of piperazine rings is 1. The second-order valence-electron chi connectivity index (χ2n) is 6.75. The number of fused-ring (bicyclic) bond motifs is 1. The fraction of sp³-hybridized carbons (Fsp3) is 0.529. The zero-order chi connectivity index (χ0) is 17.4. The lowest BCUT2D eigenvalue weighted by atomic mass is 10.0. The minimum Gasteiger partial charge on any atom is -0.337 e. The van der Waals surface area contributed by atoms with E-state index < -0.39 is 0 Å². The Labute approximate surface area is 169 Å². The minimum absolute atomic E-state index is 0. The van der Waals surface area contributed by atoms with Gasteiger partial charge in [0.15, 0.2) is 5.65 Å². The molecule has 2 amide bonds. The molecule has 2 aromatic heterocycles. The third-order valence-corrected chi connectivity index (χ3v) is 5.10. The maximum Gasteiger partial charge on any atom is 0.255 e. The first-order valence-electron chi connectivity index (χ1n) is 8.73. The molecule has 2 aromatic rings. The second-order valence-corrected chi connectivity index (χ2v) is 6.75. The molecule has 0 spiro atoms. The highest BCUT2D eigenvalue weighted by Crippen LogP contribution is 2.21. The van der Waals surface area contributed by atoms with Gasteiger partial charge in [-0.3, -0.25) is 14.7 Å². The lowest BCUT2D eigenvalue weighted by molar-refractivity contribution is -0.135. The Morgan fingerprint density at radius 1 is 1.30 bits per heavy atom. The van der Waals surface area contributed by atoms with Crippen LogP contribution in [0.2, 0.25) is 0 Å². The predicted octanol–water partition coefficient (Wildman–Crippen LogP) is 1.15. The van der Waals surface area contributed by atoms with Crippen LogP contribution in [0.5, 0.6) is 0 Å². The van der Waals surface area contributed by atoms with Crippen molar-refractivity contribution < 1.29 is 9.59 Å². The summed E-state index contributed by atoms with van der Waals surface area (Å²) in [5.74, 6) is 0.102. The monoisotopic (exact) mass is 414 g/mol. The van der Waals surface area contributed by atoms with Gasteiger partial charge >= 0.3 is 0 Å². The number of pyridine rings is 1. The second kappa shape index (κ2) is 8.86. The Bertz CT molecular complexity index is 827. The number of carbonyl (C=O) groups is 2. The molecule has 2 saturated heterocycles. The molecule has 8 nitrogen and oxygen atoms in total. The van der Waals surface area contributed by atoms with Crippen LogP contribution in [0.25, 0.3) is 11.0 Å². The number of halogens is 2. The van der Waals surface area contributed by atoms with Crippen LogP contribution in [-0.2, 0) is 4.79 Å². The molecular weight excluding hydrogens is 391 g/mol. The normalized spacial score (nSPS) is 20.2. The van der Waals surface area contributed by atoms with E-state index in [1.54, 1.807) is 6.20 Å². The molecule has 2 N–H and O–H groups in total. The van der Waals surface area contributed by atoms with Crippen molar-refractivity contribution in [1.29, 1.82) is 0 Å². The van der Waals surface area contributed by atoms with Gasteiger partial charge in [0.2, 0.25) is 5.91 Å². The highest BCUT2D eigenvalue weighted by Gasteiger charge is 2.32. The average Bonchev–Trinajstić information content (AvgIpc) is 3.02. The summed E-state index contributed by atoms with van der Waals surface area (Å²) < 4.78 is 0. The molecule has 4 rings (SSSR count). The highest BCUT2D eigenvalue weighted by molar-refractivity contribution is 5.97. The smallest absolute Gasteiger partial charge is 0.255 e. The molecule has 2 aliphatic rings. The van der Waals surface area contributed by atoms with Gasteiger partial charge in [0.1, 0.15) is 0 Å². The van der Waals surface area contributed by atoms with Gasteiger partial charge in [0.25, 0.3) is 5.91 Å². The number of nitrogens with zero attached hydrogens (tertiary/aromatic N) is 4.